The molecule has 0 N–H and O–H groups in total. The molecule has 4 nitrogen and oxygen atoms in total. The van der Waals surface area contributed by atoms with Crippen molar-refractivity contribution in [3.8, 4) is 11.5 Å². The summed E-state index contributed by atoms with van der Waals surface area (Å²) in [5, 5.41) is 0. The molecule has 1 saturated carbocycles. The average molecular weight is 341 g/mol. The molecule has 0 spiro atoms. The first kappa shape index (κ1) is 15.9. The lowest BCUT2D eigenvalue weighted by atomic mass is 10.2. The van der Waals surface area contributed by atoms with Crippen molar-refractivity contribution in [3.05, 3.63) is 71.9 Å². The number of rotatable bonds is 6. The smallest absolute Gasteiger partial charge is 0.226 e. The van der Waals surface area contributed by atoms with Crippen molar-refractivity contribution in [2.45, 2.75) is 32.0 Å². The first-order valence-electron chi connectivity index (χ1n) is 8.23. The van der Waals surface area contributed by atoms with Gasteiger partial charge in [-0.15, -0.1) is 0 Å². The molecular formula is C19H17F2N3O. The van der Waals surface area contributed by atoms with Crippen LogP contribution in [0.25, 0.3) is 11.5 Å². The highest BCUT2D eigenvalue weighted by Gasteiger charge is 2.30. The van der Waals surface area contributed by atoms with E-state index in [1.54, 1.807) is 12.5 Å². The second kappa shape index (κ2) is 6.72. The second-order valence-electron chi connectivity index (χ2n) is 6.23. The molecule has 1 aliphatic carbocycles. The molecule has 0 aliphatic heterocycles. The summed E-state index contributed by atoms with van der Waals surface area (Å²) in [5.41, 5.74) is 2.20. The van der Waals surface area contributed by atoms with Crippen molar-refractivity contribution >= 4 is 0 Å². The van der Waals surface area contributed by atoms with Crippen molar-refractivity contribution in [1.82, 2.24) is 14.9 Å². The lowest BCUT2D eigenvalue weighted by Crippen LogP contribution is -2.25. The zero-order valence-electron chi connectivity index (χ0n) is 13.5. The molecule has 3 aromatic rings. The highest BCUT2D eigenvalue weighted by atomic mass is 19.2. The van der Waals surface area contributed by atoms with E-state index < -0.39 is 11.6 Å². The molecule has 0 amide bonds. The third-order valence-corrected chi connectivity index (χ3v) is 4.24. The van der Waals surface area contributed by atoms with E-state index in [2.05, 4.69) is 14.9 Å². The van der Waals surface area contributed by atoms with E-state index in [1.165, 1.54) is 18.9 Å². The molecule has 0 saturated heterocycles. The number of hydrogen-bond acceptors (Lipinski definition) is 4. The van der Waals surface area contributed by atoms with E-state index in [0.717, 1.165) is 30.1 Å². The number of benzene rings is 1. The molecule has 0 unspecified atom stereocenters. The second-order valence-corrected chi connectivity index (χ2v) is 6.23. The molecule has 2 aromatic heterocycles. The summed E-state index contributed by atoms with van der Waals surface area (Å²) in [6.45, 7) is 1.38. The summed E-state index contributed by atoms with van der Waals surface area (Å²) in [7, 11) is 0. The van der Waals surface area contributed by atoms with Gasteiger partial charge in [0.25, 0.3) is 0 Å². The molecule has 0 atom stereocenters. The molecule has 1 aliphatic rings. The molecule has 0 bridgehead atoms. The Morgan fingerprint density at radius 1 is 1.04 bits per heavy atom. The van der Waals surface area contributed by atoms with Gasteiger partial charge < -0.3 is 4.42 Å². The van der Waals surface area contributed by atoms with Crippen molar-refractivity contribution in [2.24, 2.45) is 0 Å². The van der Waals surface area contributed by atoms with Gasteiger partial charge in [-0.2, -0.15) is 0 Å². The summed E-state index contributed by atoms with van der Waals surface area (Å²) in [6.07, 6.45) is 5.70. The van der Waals surface area contributed by atoms with Gasteiger partial charge in [0.2, 0.25) is 5.89 Å². The van der Waals surface area contributed by atoms with Crippen molar-refractivity contribution < 1.29 is 13.2 Å². The average Bonchev–Trinajstić information content (AvgIpc) is 3.37. The van der Waals surface area contributed by atoms with Gasteiger partial charge >= 0.3 is 0 Å². The number of oxazole rings is 1. The van der Waals surface area contributed by atoms with E-state index in [4.69, 9.17) is 4.42 Å². The van der Waals surface area contributed by atoms with Gasteiger partial charge in [0.05, 0.1) is 11.4 Å². The molecule has 1 fully saturated rings. The Morgan fingerprint density at radius 2 is 1.88 bits per heavy atom. The molecule has 0 radical (unpaired) electrons. The molecule has 128 valence electrons. The largest absolute Gasteiger partial charge is 0.444 e. The van der Waals surface area contributed by atoms with Crippen LogP contribution in [0.4, 0.5) is 8.78 Å². The Labute approximate surface area is 144 Å². The standard InChI is InChI=1S/C19H17F2N3O/c20-17-7-4-13(9-18(17)21)19-23-15(12-25-19)11-24(16-5-6-16)10-14-3-1-2-8-22-14/h1-4,7-9,12,16H,5-6,10-11H2. The molecular weight excluding hydrogens is 324 g/mol. The van der Waals surface area contributed by atoms with Gasteiger partial charge in [-0.05, 0) is 43.2 Å². The predicted molar refractivity (Wildman–Crippen MR) is 88.4 cm³/mol. The fraction of sp³-hybridized carbons (Fsp3) is 0.263. The van der Waals surface area contributed by atoms with Gasteiger partial charge in [-0.1, -0.05) is 6.07 Å². The molecule has 6 heteroatoms. The Balaban J connectivity index is 1.50. The lowest BCUT2D eigenvalue weighted by molar-refractivity contribution is 0.239. The number of pyridine rings is 1. The van der Waals surface area contributed by atoms with Crippen LogP contribution >= 0.6 is 0 Å². The third kappa shape index (κ3) is 3.74. The van der Waals surface area contributed by atoms with Gasteiger partial charge in [-0.3, -0.25) is 9.88 Å². The molecule has 1 aromatic carbocycles. The maximum Gasteiger partial charge on any atom is 0.226 e. The fourth-order valence-corrected chi connectivity index (χ4v) is 2.80. The monoisotopic (exact) mass is 341 g/mol. The topological polar surface area (TPSA) is 42.2 Å². The Bertz CT molecular complexity index is 862. The van der Waals surface area contributed by atoms with E-state index in [0.29, 0.717) is 24.0 Å². The highest BCUT2D eigenvalue weighted by Crippen LogP contribution is 2.30. The number of aromatic nitrogens is 2. The minimum absolute atomic E-state index is 0.294. The molecule has 2 heterocycles. The van der Waals surface area contributed by atoms with Gasteiger partial charge in [0, 0.05) is 30.9 Å². The van der Waals surface area contributed by atoms with Crippen molar-refractivity contribution in [1.29, 1.82) is 0 Å². The van der Waals surface area contributed by atoms with Crippen LogP contribution in [-0.4, -0.2) is 20.9 Å². The van der Waals surface area contributed by atoms with Crippen LogP contribution < -0.4 is 0 Å². The zero-order chi connectivity index (χ0) is 17.2. The SMILES string of the molecule is Fc1ccc(-c2nc(CN(Cc3ccccn3)C3CC3)co2)cc1F. The molecule has 25 heavy (non-hydrogen) atoms. The summed E-state index contributed by atoms with van der Waals surface area (Å²) >= 11 is 0. The summed E-state index contributed by atoms with van der Waals surface area (Å²) in [5.74, 6) is -1.50. The lowest BCUT2D eigenvalue weighted by Gasteiger charge is -2.20. The van der Waals surface area contributed by atoms with E-state index in [-0.39, 0.29) is 0 Å². The fourth-order valence-electron chi connectivity index (χ4n) is 2.80. The predicted octanol–water partition coefficient (Wildman–Crippen LogP) is 4.18. The van der Waals surface area contributed by atoms with Crippen LogP contribution in [0.15, 0.2) is 53.3 Å². The van der Waals surface area contributed by atoms with Crippen LogP contribution in [-0.2, 0) is 13.1 Å². The maximum absolute atomic E-state index is 13.4. The Kier molecular flexibility index (Phi) is 4.28. The summed E-state index contributed by atoms with van der Waals surface area (Å²) < 4.78 is 31.9. The zero-order valence-corrected chi connectivity index (χ0v) is 13.5. The normalized spacial score (nSPS) is 14.2. The first-order chi connectivity index (χ1) is 12.2. The Hall–Kier alpha value is -2.60. The van der Waals surface area contributed by atoms with Crippen LogP contribution in [0.5, 0.6) is 0 Å². The molecule has 4 rings (SSSR count). The van der Waals surface area contributed by atoms with Gasteiger partial charge in [-0.25, -0.2) is 13.8 Å². The minimum atomic E-state index is -0.910. The van der Waals surface area contributed by atoms with Gasteiger partial charge in [0.15, 0.2) is 11.6 Å². The Morgan fingerprint density at radius 3 is 2.60 bits per heavy atom. The number of nitrogens with zero attached hydrogens (tertiary/aromatic N) is 3. The quantitative estimate of drug-likeness (QED) is 0.674. The van der Waals surface area contributed by atoms with Crippen LogP contribution in [0, 0.1) is 11.6 Å². The van der Waals surface area contributed by atoms with Crippen LogP contribution in [0.3, 0.4) is 0 Å². The van der Waals surface area contributed by atoms with Crippen LogP contribution in [0.1, 0.15) is 24.2 Å². The number of hydrogen-bond donors (Lipinski definition) is 0. The third-order valence-electron chi connectivity index (χ3n) is 4.24. The summed E-state index contributed by atoms with van der Waals surface area (Å²) in [4.78, 5) is 11.1. The van der Waals surface area contributed by atoms with Crippen LogP contribution in [0.2, 0.25) is 0 Å². The van der Waals surface area contributed by atoms with E-state index in [9.17, 15) is 8.78 Å². The van der Waals surface area contributed by atoms with Gasteiger partial charge in [0.1, 0.15) is 6.26 Å². The maximum atomic E-state index is 13.4. The van der Waals surface area contributed by atoms with E-state index >= 15 is 0 Å². The highest BCUT2D eigenvalue weighted by molar-refractivity contribution is 5.53. The van der Waals surface area contributed by atoms with E-state index in [1.807, 2.05) is 18.2 Å². The van der Waals surface area contributed by atoms with Crippen molar-refractivity contribution in [3.63, 3.8) is 0 Å². The summed E-state index contributed by atoms with van der Waals surface area (Å²) in [6, 6.07) is 10.0. The first-order valence-corrected chi connectivity index (χ1v) is 8.23. The van der Waals surface area contributed by atoms with Crippen molar-refractivity contribution in [2.75, 3.05) is 0 Å². The number of halogens is 2. The minimum Gasteiger partial charge on any atom is -0.444 e.